The summed E-state index contributed by atoms with van der Waals surface area (Å²) in [6.45, 7) is 2.13. The Labute approximate surface area is 100 Å². The molecule has 0 saturated carbocycles. The Bertz CT molecular complexity index is 593. The van der Waals surface area contributed by atoms with Crippen LogP contribution >= 0.6 is 0 Å². The molecule has 0 spiro atoms. The van der Waals surface area contributed by atoms with Crippen molar-refractivity contribution in [3.8, 4) is 6.07 Å². The second-order valence-electron chi connectivity index (χ2n) is 4.63. The number of nitriles is 1. The van der Waals surface area contributed by atoms with E-state index in [2.05, 4.69) is 27.4 Å². The number of pyridine rings is 1. The van der Waals surface area contributed by atoms with Gasteiger partial charge in [0.25, 0.3) is 0 Å². The van der Waals surface area contributed by atoms with Crippen molar-refractivity contribution in [1.82, 2.24) is 14.3 Å². The number of hydrogen-bond acceptors (Lipinski definition) is 3. The molecule has 1 atom stereocenters. The second kappa shape index (κ2) is 3.86. The number of likely N-dealkylation sites (N-methyl/N-ethyl adjacent to an activating group) is 1. The standard InChI is InChI=1S/C13H14N4/c1-16-7-5-10(9-16)13-15-11(8-14)12-4-2-3-6-17(12)13/h2-4,6,10H,5,7,9H2,1H3. The second-order valence-corrected chi connectivity index (χ2v) is 4.63. The molecule has 86 valence electrons. The molecule has 4 nitrogen and oxygen atoms in total. The van der Waals surface area contributed by atoms with Crippen molar-refractivity contribution in [3.05, 3.63) is 35.9 Å². The number of nitrogens with zero attached hydrogens (tertiary/aromatic N) is 4. The van der Waals surface area contributed by atoms with Crippen molar-refractivity contribution in [2.45, 2.75) is 12.3 Å². The Balaban J connectivity index is 2.14. The fourth-order valence-electron chi connectivity index (χ4n) is 2.58. The van der Waals surface area contributed by atoms with E-state index in [4.69, 9.17) is 5.26 Å². The van der Waals surface area contributed by atoms with Crippen molar-refractivity contribution in [1.29, 1.82) is 5.26 Å². The summed E-state index contributed by atoms with van der Waals surface area (Å²) in [7, 11) is 2.13. The van der Waals surface area contributed by atoms with Gasteiger partial charge in [-0.25, -0.2) is 4.98 Å². The zero-order chi connectivity index (χ0) is 11.8. The molecule has 1 aliphatic heterocycles. The van der Waals surface area contributed by atoms with E-state index in [1.54, 1.807) is 0 Å². The zero-order valence-corrected chi connectivity index (χ0v) is 9.80. The fourth-order valence-corrected chi connectivity index (χ4v) is 2.58. The molecule has 3 rings (SSSR count). The van der Waals surface area contributed by atoms with E-state index < -0.39 is 0 Å². The molecule has 3 heterocycles. The summed E-state index contributed by atoms with van der Waals surface area (Å²) in [4.78, 5) is 6.81. The third-order valence-electron chi connectivity index (χ3n) is 3.44. The number of imidazole rings is 1. The maximum atomic E-state index is 9.11. The molecule has 1 saturated heterocycles. The Morgan fingerprint density at radius 3 is 3.06 bits per heavy atom. The zero-order valence-electron chi connectivity index (χ0n) is 9.80. The first kappa shape index (κ1) is 10.3. The predicted octanol–water partition coefficient (Wildman–Crippen LogP) is 1.63. The molecule has 0 radical (unpaired) electrons. The average Bonchev–Trinajstić information content (AvgIpc) is 2.92. The molecule has 17 heavy (non-hydrogen) atoms. The lowest BCUT2D eigenvalue weighted by Crippen LogP contribution is -2.14. The van der Waals surface area contributed by atoms with Crippen LogP contribution in [0.25, 0.3) is 5.52 Å². The number of aromatic nitrogens is 2. The quantitative estimate of drug-likeness (QED) is 0.742. The molecule has 1 aliphatic rings. The summed E-state index contributed by atoms with van der Waals surface area (Å²) in [6.07, 6.45) is 3.12. The monoisotopic (exact) mass is 226 g/mol. The van der Waals surface area contributed by atoms with Gasteiger partial charge in [-0.3, -0.25) is 0 Å². The van der Waals surface area contributed by atoms with Crippen molar-refractivity contribution in [3.63, 3.8) is 0 Å². The Morgan fingerprint density at radius 1 is 1.47 bits per heavy atom. The summed E-state index contributed by atoms with van der Waals surface area (Å²) in [5.74, 6) is 1.47. The van der Waals surface area contributed by atoms with E-state index in [1.807, 2.05) is 24.4 Å². The number of hydrogen-bond donors (Lipinski definition) is 0. The molecule has 1 unspecified atom stereocenters. The summed E-state index contributed by atoms with van der Waals surface area (Å²) < 4.78 is 2.06. The van der Waals surface area contributed by atoms with Crippen LogP contribution in [-0.2, 0) is 0 Å². The minimum Gasteiger partial charge on any atom is -0.306 e. The van der Waals surface area contributed by atoms with Gasteiger partial charge in [-0.05, 0) is 32.1 Å². The topological polar surface area (TPSA) is 44.3 Å². The summed E-state index contributed by atoms with van der Waals surface area (Å²) >= 11 is 0. The lowest BCUT2D eigenvalue weighted by atomic mass is 10.1. The highest BCUT2D eigenvalue weighted by Crippen LogP contribution is 2.27. The van der Waals surface area contributed by atoms with Crippen molar-refractivity contribution < 1.29 is 0 Å². The first-order valence-corrected chi connectivity index (χ1v) is 5.85. The molecular formula is C13H14N4. The van der Waals surface area contributed by atoms with E-state index in [0.29, 0.717) is 11.6 Å². The van der Waals surface area contributed by atoms with E-state index in [-0.39, 0.29) is 0 Å². The lowest BCUT2D eigenvalue weighted by Gasteiger charge is -2.09. The van der Waals surface area contributed by atoms with Gasteiger partial charge in [0.15, 0.2) is 5.69 Å². The van der Waals surface area contributed by atoms with E-state index in [9.17, 15) is 0 Å². The van der Waals surface area contributed by atoms with Crippen LogP contribution in [-0.4, -0.2) is 34.4 Å². The SMILES string of the molecule is CN1CCC(c2nc(C#N)c3ccccn23)C1. The summed E-state index contributed by atoms with van der Waals surface area (Å²) in [6, 6.07) is 8.06. The highest BCUT2D eigenvalue weighted by molar-refractivity contribution is 5.58. The van der Waals surface area contributed by atoms with E-state index >= 15 is 0 Å². The largest absolute Gasteiger partial charge is 0.306 e. The third-order valence-corrected chi connectivity index (χ3v) is 3.44. The van der Waals surface area contributed by atoms with Gasteiger partial charge in [0, 0.05) is 18.7 Å². The van der Waals surface area contributed by atoms with Gasteiger partial charge in [0.2, 0.25) is 0 Å². The van der Waals surface area contributed by atoms with Crippen LogP contribution in [0.5, 0.6) is 0 Å². The minimum absolute atomic E-state index is 0.442. The van der Waals surface area contributed by atoms with Gasteiger partial charge in [0.05, 0.1) is 5.52 Å². The van der Waals surface area contributed by atoms with E-state index in [1.165, 1.54) is 0 Å². The normalized spacial score (nSPS) is 20.8. The first-order valence-electron chi connectivity index (χ1n) is 5.85. The maximum Gasteiger partial charge on any atom is 0.166 e. The predicted molar refractivity (Wildman–Crippen MR) is 64.8 cm³/mol. The molecule has 4 heteroatoms. The number of rotatable bonds is 1. The molecule has 0 aliphatic carbocycles. The van der Waals surface area contributed by atoms with Gasteiger partial charge in [-0.1, -0.05) is 6.07 Å². The molecule has 0 N–H and O–H groups in total. The fraction of sp³-hybridized carbons (Fsp3) is 0.385. The van der Waals surface area contributed by atoms with Crippen LogP contribution in [0.2, 0.25) is 0 Å². The molecule has 0 bridgehead atoms. The minimum atomic E-state index is 0.442. The van der Waals surface area contributed by atoms with Crippen LogP contribution in [0, 0.1) is 11.3 Å². The maximum absolute atomic E-state index is 9.11. The lowest BCUT2D eigenvalue weighted by molar-refractivity contribution is 0.409. The van der Waals surface area contributed by atoms with Crippen LogP contribution in [0.4, 0.5) is 0 Å². The van der Waals surface area contributed by atoms with Gasteiger partial charge in [0.1, 0.15) is 11.9 Å². The number of fused-ring (bicyclic) bond motifs is 1. The van der Waals surface area contributed by atoms with E-state index in [0.717, 1.165) is 30.9 Å². The van der Waals surface area contributed by atoms with Gasteiger partial charge < -0.3 is 9.30 Å². The third kappa shape index (κ3) is 1.60. The molecule has 0 amide bonds. The first-order chi connectivity index (χ1) is 8.29. The molecular weight excluding hydrogens is 212 g/mol. The van der Waals surface area contributed by atoms with Crippen molar-refractivity contribution in [2.24, 2.45) is 0 Å². The highest BCUT2D eigenvalue weighted by atomic mass is 15.1. The van der Waals surface area contributed by atoms with Crippen molar-refractivity contribution in [2.75, 3.05) is 20.1 Å². The Hall–Kier alpha value is -1.86. The van der Waals surface area contributed by atoms with Crippen molar-refractivity contribution >= 4 is 5.52 Å². The smallest absolute Gasteiger partial charge is 0.166 e. The molecule has 0 aromatic carbocycles. The Kier molecular flexibility index (Phi) is 2.34. The highest BCUT2D eigenvalue weighted by Gasteiger charge is 2.25. The van der Waals surface area contributed by atoms with Gasteiger partial charge in [-0.2, -0.15) is 5.26 Å². The van der Waals surface area contributed by atoms with Gasteiger partial charge >= 0.3 is 0 Å². The Morgan fingerprint density at radius 2 is 2.35 bits per heavy atom. The van der Waals surface area contributed by atoms with Crippen LogP contribution < -0.4 is 0 Å². The van der Waals surface area contributed by atoms with Crippen LogP contribution in [0.1, 0.15) is 23.9 Å². The average molecular weight is 226 g/mol. The van der Waals surface area contributed by atoms with Gasteiger partial charge in [-0.15, -0.1) is 0 Å². The summed E-state index contributed by atoms with van der Waals surface area (Å²) in [5.41, 5.74) is 1.45. The molecule has 1 fully saturated rings. The van der Waals surface area contributed by atoms with Crippen LogP contribution in [0.3, 0.4) is 0 Å². The summed E-state index contributed by atoms with van der Waals surface area (Å²) in [5, 5.41) is 9.11. The molecule has 2 aromatic rings. The van der Waals surface area contributed by atoms with Crippen LogP contribution in [0.15, 0.2) is 24.4 Å². The molecule has 2 aromatic heterocycles. The number of likely N-dealkylation sites (tertiary alicyclic amines) is 1.